The lowest BCUT2D eigenvalue weighted by Gasteiger charge is -2.23. The fourth-order valence-corrected chi connectivity index (χ4v) is 3.52. The fraction of sp³-hybridized carbons (Fsp3) is 0.235. The first-order chi connectivity index (χ1) is 12.2. The average Bonchev–Trinajstić information content (AvgIpc) is 2.58. The number of anilines is 2. The van der Waals surface area contributed by atoms with Gasteiger partial charge in [0.05, 0.1) is 26.2 Å². The number of hydrogen-bond acceptors (Lipinski definition) is 5. The molecule has 0 aliphatic carbocycles. The summed E-state index contributed by atoms with van der Waals surface area (Å²) in [6.45, 7) is -0.374. The number of halogens is 1. The minimum atomic E-state index is -3.69. The normalized spacial score (nSPS) is 10.9. The van der Waals surface area contributed by atoms with Crippen molar-refractivity contribution in [3.63, 3.8) is 0 Å². The summed E-state index contributed by atoms with van der Waals surface area (Å²) in [6, 6.07) is 11.7. The summed E-state index contributed by atoms with van der Waals surface area (Å²) < 4.78 is 36.5. The topological polar surface area (TPSA) is 84.9 Å². The maximum absolute atomic E-state index is 12.3. The zero-order valence-electron chi connectivity index (χ0n) is 14.5. The van der Waals surface area contributed by atoms with Crippen LogP contribution in [0.25, 0.3) is 0 Å². The molecule has 0 radical (unpaired) electrons. The Hall–Kier alpha value is -2.26. The number of sulfonamides is 1. The van der Waals surface area contributed by atoms with Gasteiger partial charge in [0, 0.05) is 16.2 Å². The molecule has 2 aromatic carbocycles. The highest BCUT2D eigenvalue weighted by atomic mass is 79.9. The number of carbonyl (C=O) groups is 1. The summed E-state index contributed by atoms with van der Waals surface area (Å²) in [4.78, 5) is 12.3. The van der Waals surface area contributed by atoms with Crippen LogP contribution in [0.3, 0.4) is 0 Å². The van der Waals surface area contributed by atoms with E-state index >= 15 is 0 Å². The van der Waals surface area contributed by atoms with E-state index in [9.17, 15) is 13.2 Å². The Kier molecular flexibility index (Phi) is 6.49. The second-order valence-electron chi connectivity index (χ2n) is 5.37. The highest BCUT2D eigenvalue weighted by Gasteiger charge is 2.22. The number of amides is 1. The first-order valence-corrected chi connectivity index (χ1v) is 10.1. The lowest BCUT2D eigenvalue weighted by molar-refractivity contribution is -0.114. The van der Waals surface area contributed by atoms with Gasteiger partial charge in [-0.15, -0.1) is 0 Å². The molecular formula is C17H19BrN2O5S. The summed E-state index contributed by atoms with van der Waals surface area (Å²) in [5.74, 6) is 0.359. The van der Waals surface area contributed by atoms with Crippen molar-refractivity contribution in [2.75, 3.05) is 36.6 Å². The standard InChI is InChI=1S/C17H19BrN2O5S/c1-24-15-8-7-14(10-16(15)25-2)20(26(3,22)23)11-17(21)19-13-6-4-5-12(18)9-13/h4-10H,11H2,1-3H3,(H,19,21). The molecule has 0 unspecified atom stereocenters. The number of rotatable bonds is 7. The van der Waals surface area contributed by atoms with Gasteiger partial charge < -0.3 is 14.8 Å². The molecule has 0 atom stereocenters. The van der Waals surface area contributed by atoms with E-state index in [1.54, 1.807) is 30.3 Å². The molecule has 0 spiro atoms. The molecule has 26 heavy (non-hydrogen) atoms. The number of hydrogen-bond donors (Lipinski definition) is 1. The van der Waals surface area contributed by atoms with E-state index in [0.717, 1.165) is 15.0 Å². The molecule has 2 aromatic rings. The highest BCUT2D eigenvalue weighted by Crippen LogP contribution is 2.32. The molecule has 7 nitrogen and oxygen atoms in total. The second kappa shape index (κ2) is 8.41. The van der Waals surface area contributed by atoms with Gasteiger partial charge in [-0.25, -0.2) is 8.42 Å². The predicted molar refractivity (Wildman–Crippen MR) is 105 cm³/mol. The molecule has 0 aliphatic heterocycles. The van der Waals surface area contributed by atoms with Crippen molar-refractivity contribution in [3.8, 4) is 11.5 Å². The first kappa shape index (κ1) is 20.1. The molecule has 0 fully saturated rings. The van der Waals surface area contributed by atoms with Crippen molar-refractivity contribution in [3.05, 3.63) is 46.9 Å². The van der Waals surface area contributed by atoms with E-state index in [0.29, 0.717) is 22.9 Å². The monoisotopic (exact) mass is 442 g/mol. The molecule has 9 heteroatoms. The summed E-state index contributed by atoms with van der Waals surface area (Å²) in [7, 11) is -0.757. The Bertz CT molecular complexity index is 902. The first-order valence-electron chi connectivity index (χ1n) is 7.49. The molecule has 2 rings (SSSR count). The van der Waals surface area contributed by atoms with E-state index in [-0.39, 0.29) is 6.54 Å². The van der Waals surface area contributed by atoms with E-state index in [2.05, 4.69) is 21.2 Å². The van der Waals surface area contributed by atoms with Gasteiger partial charge in [0.1, 0.15) is 6.54 Å². The lowest BCUT2D eigenvalue weighted by Crippen LogP contribution is -2.37. The van der Waals surface area contributed by atoms with Crippen molar-refractivity contribution in [2.24, 2.45) is 0 Å². The summed E-state index contributed by atoms with van der Waals surface area (Å²) in [5, 5.41) is 2.68. The van der Waals surface area contributed by atoms with Gasteiger partial charge in [-0.3, -0.25) is 9.10 Å². The van der Waals surface area contributed by atoms with Crippen molar-refractivity contribution < 1.29 is 22.7 Å². The molecular weight excluding hydrogens is 424 g/mol. The van der Waals surface area contributed by atoms with Crippen LogP contribution >= 0.6 is 15.9 Å². The summed E-state index contributed by atoms with van der Waals surface area (Å²) >= 11 is 3.32. The molecule has 0 bridgehead atoms. The summed E-state index contributed by atoms with van der Waals surface area (Å²) in [5.41, 5.74) is 0.861. The zero-order valence-corrected chi connectivity index (χ0v) is 16.9. The number of carbonyl (C=O) groups excluding carboxylic acids is 1. The molecule has 0 aliphatic rings. The van der Waals surface area contributed by atoms with Gasteiger partial charge in [-0.2, -0.15) is 0 Å². The van der Waals surface area contributed by atoms with E-state index in [1.807, 2.05) is 6.07 Å². The Morgan fingerprint density at radius 1 is 1.12 bits per heavy atom. The van der Waals surface area contributed by atoms with Crippen molar-refractivity contribution >= 4 is 43.2 Å². The van der Waals surface area contributed by atoms with E-state index in [4.69, 9.17) is 9.47 Å². The number of benzene rings is 2. The molecule has 0 heterocycles. The van der Waals surface area contributed by atoms with E-state index < -0.39 is 15.9 Å². The van der Waals surface area contributed by atoms with Crippen LogP contribution in [-0.2, 0) is 14.8 Å². The number of nitrogens with zero attached hydrogens (tertiary/aromatic N) is 1. The third kappa shape index (κ3) is 5.12. The van der Waals surface area contributed by atoms with Crippen molar-refractivity contribution in [1.82, 2.24) is 0 Å². The highest BCUT2D eigenvalue weighted by molar-refractivity contribution is 9.10. The van der Waals surface area contributed by atoms with Gasteiger partial charge >= 0.3 is 0 Å². The van der Waals surface area contributed by atoms with Crippen LogP contribution in [0.2, 0.25) is 0 Å². The second-order valence-corrected chi connectivity index (χ2v) is 8.19. The number of ether oxygens (including phenoxy) is 2. The largest absolute Gasteiger partial charge is 0.493 e. The van der Waals surface area contributed by atoms with Gasteiger partial charge in [-0.1, -0.05) is 22.0 Å². The van der Waals surface area contributed by atoms with Crippen LogP contribution in [0.4, 0.5) is 11.4 Å². The number of nitrogens with one attached hydrogen (secondary N) is 1. The van der Waals surface area contributed by atoms with E-state index in [1.165, 1.54) is 20.3 Å². The Labute approximate surface area is 161 Å². The fourth-order valence-electron chi connectivity index (χ4n) is 2.28. The van der Waals surface area contributed by atoms with Gasteiger partial charge in [0.2, 0.25) is 15.9 Å². The van der Waals surface area contributed by atoms with Crippen LogP contribution < -0.4 is 19.1 Å². The van der Waals surface area contributed by atoms with Crippen molar-refractivity contribution in [2.45, 2.75) is 0 Å². The predicted octanol–water partition coefficient (Wildman–Crippen LogP) is 2.87. The molecule has 1 amide bonds. The van der Waals surface area contributed by atoms with Gasteiger partial charge in [0.25, 0.3) is 0 Å². The van der Waals surface area contributed by atoms with Crippen LogP contribution in [0, 0.1) is 0 Å². The SMILES string of the molecule is COc1ccc(N(CC(=O)Nc2cccc(Br)c2)S(C)(=O)=O)cc1OC. The van der Waals surface area contributed by atoms with Crippen LogP contribution in [0.1, 0.15) is 0 Å². The van der Waals surface area contributed by atoms with Crippen LogP contribution in [-0.4, -0.2) is 41.3 Å². The zero-order chi connectivity index (χ0) is 19.3. The Morgan fingerprint density at radius 2 is 1.81 bits per heavy atom. The van der Waals surface area contributed by atoms with Gasteiger partial charge in [-0.05, 0) is 30.3 Å². The molecule has 1 N–H and O–H groups in total. The maximum atomic E-state index is 12.3. The van der Waals surface area contributed by atoms with Crippen LogP contribution in [0.5, 0.6) is 11.5 Å². The lowest BCUT2D eigenvalue weighted by atomic mass is 10.2. The van der Waals surface area contributed by atoms with Crippen LogP contribution in [0.15, 0.2) is 46.9 Å². The molecule has 140 valence electrons. The minimum Gasteiger partial charge on any atom is -0.493 e. The Morgan fingerprint density at radius 3 is 2.38 bits per heavy atom. The quantitative estimate of drug-likeness (QED) is 0.712. The van der Waals surface area contributed by atoms with Gasteiger partial charge in [0.15, 0.2) is 11.5 Å². The van der Waals surface area contributed by atoms with Crippen molar-refractivity contribution in [1.29, 1.82) is 0 Å². The molecule has 0 saturated heterocycles. The molecule has 0 saturated carbocycles. The average molecular weight is 443 g/mol. The minimum absolute atomic E-state index is 0.301. The summed E-state index contributed by atoms with van der Waals surface area (Å²) in [6.07, 6.45) is 1.04. The molecule has 0 aromatic heterocycles. The smallest absolute Gasteiger partial charge is 0.245 e. The number of methoxy groups -OCH3 is 2. The Balaban J connectivity index is 2.27. The maximum Gasteiger partial charge on any atom is 0.245 e. The third-order valence-corrected chi connectivity index (χ3v) is 5.08. The third-order valence-electron chi connectivity index (χ3n) is 3.45.